The lowest BCUT2D eigenvalue weighted by atomic mass is 10.1. The molecule has 0 saturated carbocycles. The van der Waals surface area contributed by atoms with E-state index in [4.69, 9.17) is 0 Å². The fourth-order valence-electron chi connectivity index (χ4n) is 0.841. The number of hydrogen-bond acceptors (Lipinski definition) is 2. The van der Waals surface area contributed by atoms with Crippen LogP contribution >= 0.6 is 11.8 Å². The number of hydrogen-bond donors (Lipinski definition) is 1. The van der Waals surface area contributed by atoms with Gasteiger partial charge in [0, 0.05) is 16.5 Å². The predicted octanol–water partition coefficient (Wildman–Crippen LogP) is 1.88. The van der Waals surface area contributed by atoms with Crippen LogP contribution in [0.1, 0.15) is 27.2 Å². The van der Waals surface area contributed by atoms with Crippen molar-refractivity contribution in [2.24, 2.45) is 0 Å². The van der Waals surface area contributed by atoms with Crippen LogP contribution in [-0.4, -0.2) is 23.1 Å². The summed E-state index contributed by atoms with van der Waals surface area (Å²) in [5, 5.41) is 3.40. The lowest BCUT2D eigenvalue weighted by molar-refractivity contribution is 0.404. The maximum Gasteiger partial charge on any atom is 0.0170 e. The van der Waals surface area contributed by atoms with Crippen molar-refractivity contribution in [2.75, 3.05) is 12.3 Å². The van der Waals surface area contributed by atoms with Gasteiger partial charge in [-0.3, -0.25) is 0 Å². The van der Waals surface area contributed by atoms with Crippen molar-refractivity contribution >= 4 is 11.8 Å². The van der Waals surface area contributed by atoms with E-state index in [2.05, 4.69) is 37.8 Å². The van der Waals surface area contributed by atoms with Crippen LogP contribution in [0.3, 0.4) is 0 Å². The van der Waals surface area contributed by atoms with Crippen LogP contribution in [-0.2, 0) is 0 Å². The van der Waals surface area contributed by atoms with Gasteiger partial charge in [-0.2, -0.15) is 11.8 Å². The van der Waals surface area contributed by atoms with Crippen molar-refractivity contribution < 1.29 is 0 Å². The molecule has 60 valence electrons. The number of thioether (sulfide) groups is 1. The third kappa shape index (κ3) is 2.93. The first-order valence-electron chi connectivity index (χ1n) is 3.95. The molecule has 0 aliphatic carbocycles. The van der Waals surface area contributed by atoms with Crippen LogP contribution in [0.25, 0.3) is 0 Å². The topological polar surface area (TPSA) is 12.0 Å². The van der Waals surface area contributed by atoms with E-state index in [9.17, 15) is 0 Å². The third-order valence-corrected chi connectivity index (χ3v) is 3.08. The van der Waals surface area contributed by atoms with E-state index in [0.717, 1.165) is 6.04 Å². The molecule has 1 fully saturated rings. The van der Waals surface area contributed by atoms with Gasteiger partial charge in [0.15, 0.2) is 0 Å². The van der Waals surface area contributed by atoms with Gasteiger partial charge in [0.05, 0.1) is 0 Å². The van der Waals surface area contributed by atoms with Gasteiger partial charge in [-0.1, -0.05) is 20.8 Å². The molecule has 0 bridgehead atoms. The Hall–Kier alpha value is 0.310. The highest BCUT2D eigenvalue weighted by atomic mass is 32.2. The maximum atomic E-state index is 3.40. The molecule has 1 atom stereocenters. The molecule has 1 saturated heterocycles. The molecule has 1 nitrogen and oxygen atoms in total. The monoisotopic (exact) mass is 159 g/mol. The lowest BCUT2D eigenvalue weighted by Gasteiger charge is -2.30. The lowest BCUT2D eigenvalue weighted by Crippen LogP contribution is -2.45. The molecule has 0 spiro atoms. The molecule has 10 heavy (non-hydrogen) atoms. The summed E-state index contributed by atoms with van der Waals surface area (Å²) in [6.45, 7) is 8.05. The van der Waals surface area contributed by atoms with E-state index in [1.54, 1.807) is 0 Å². The summed E-state index contributed by atoms with van der Waals surface area (Å²) in [5.74, 6) is 1.28. The normalized spacial score (nSPS) is 26.1. The van der Waals surface area contributed by atoms with Gasteiger partial charge in [-0.25, -0.2) is 0 Å². The minimum absolute atomic E-state index is 0.442. The van der Waals surface area contributed by atoms with Crippen LogP contribution in [0.4, 0.5) is 0 Å². The van der Waals surface area contributed by atoms with Crippen LogP contribution in [0, 0.1) is 0 Å². The Morgan fingerprint density at radius 3 is 2.40 bits per heavy atom. The van der Waals surface area contributed by atoms with Gasteiger partial charge in [0.1, 0.15) is 0 Å². The summed E-state index contributed by atoms with van der Waals surface area (Å²) >= 11 is 2.05. The Kier molecular flexibility index (Phi) is 2.64. The van der Waals surface area contributed by atoms with Gasteiger partial charge in [-0.15, -0.1) is 0 Å². The molecule has 2 heteroatoms. The Labute approximate surface area is 68.0 Å². The molecule has 0 aromatic heterocycles. The molecular formula is C8H17NS. The molecular weight excluding hydrogens is 142 g/mol. The standard InChI is InChI=1S/C8H17NS/c1-8(2,3)10-6-7-4-5-9-7/h7,9H,4-6H2,1-3H3. The minimum Gasteiger partial charge on any atom is -0.313 e. The molecule has 0 aromatic rings. The van der Waals surface area contributed by atoms with E-state index >= 15 is 0 Å². The summed E-state index contributed by atoms with van der Waals surface area (Å²) in [6.07, 6.45) is 1.38. The molecule has 1 aliphatic rings. The Morgan fingerprint density at radius 1 is 1.50 bits per heavy atom. The highest BCUT2D eigenvalue weighted by Gasteiger charge is 2.19. The van der Waals surface area contributed by atoms with Crippen molar-refractivity contribution in [3.05, 3.63) is 0 Å². The average Bonchev–Trinajstić information content (AvgIpc) is 1.56. The summed E-state index contributed by atoms with van der Waals surface area (Å²) in [7, 11) is 0. The quantitative estimate of drug-likeness (QED) is 0.660. The molecule has 1 unspecified atom stereocenters. The van der Waals surface area contributed by atoms with E-state index in [-0.39, 0.29) is 0 Å². The Morgan fingerprint density at radius 2 is 2.10 bits per heavy atom. The second-order valence-electron chi connectivity index (χ2n) is 3.86. The Balaban J connectivity index is 2.04. The smallest absolute Gasteiger partial charge is 0.0170 e. The van der Waals surface area contributed by atoms with Gasteiger partial charge < -0.3 is 5.32 Å². The van der Waals surface area contributed by atoms with Gasteiger partial charge >= 0.3 is 0 Å². The maximum absolute atomic E-state index is 3.40. The van der Waals surface area contributed by atoms with E-state index in [0.29, 0.717) is 4.75 Å². The second kappa shape index (κ2) is 3.14. The fraction of sp³-hybridized carbons (Fsp3) is 1.00. The molecule has 1 aliphatic heterocycles. The zero-order valence-electron chi connectivity index (χ0n) is 7.11. The molecule has 0 aromatic carbocycles. The third-order valence-electron chi connectivity index (χ3n) is 1.64. The largest absolute Gasteiger partial charge is 0.313 e. The molecule has 1 rings (SSSR count). The first kappa shape index (κ1) is 8.41. The summed E-state index contributed by atoms with van der Waals surface area (Å²) in [5.41, 5.74) is 0. The van der Waals surface area contributed by atoms with E-state index < -0.39 is 0 Å². The van der Waals surface area contributed by atoms with E-state index in [1.165, 1.54) is 18.7 Å². The highest BCUT2D eigenvalue weighted by Crippen LogP contribution is 2.25. The molecule has 0 radical (unpaired) electrons. The second-order valence-corrected chi connectivity index (χ2v) is 5.71. The summed E-state index contributed by atoms with van der Waals surface area (Å²) in [6, 6.07) is 0.809. The van der Waals surface area contributed by atoms with Crippen LogP contribution in [0.5, 0.6) is 0 Å². The average molecular weight is 159 g/mol. The van der Waals surface area contributed by atoms with Crippen molar-refractivity contribution in [3.63, 3.8) is 0 Å². The van der Waals surface area contributed by atoms with E-state index in [1.807, 2.05) is 0 Å². The Bertz CT molecular complexity index is 102. The van der Waals surface area contributed by atoms with Crippen molar-refractivity contribution in [1.29, 1.82) is 0 Å². The first-order chi connectivity index (χ1) is 4.58. The van der Waals surface area contributed by atoms with Gasteiger partial charge in [0.25, 0.3) is 0 Å². The van der Waals surface area contributed by atoms with Crippen LogP contribution in [0.15, 0.2) is 0 Å². The van der Waals surface area contributed by atoms with Crippen LogP contribution < -0.4 is 5.32 Å². The van der Waals surface area contributed by atoms with Crippen molar-refractivity contribution in [3.8, 4) is 0 Å². The summed E-state index contributed by atoms with van der Waals surface area (Å²) in [4.78, 5) is 0. The number of rotatable bonds is 2. The molecule has 1 heterocycles. The SMILES string of the molecule is CC(C)(C)SCC1CCN1. The summed E-state index contributed by atoms with van der Waals surface area (Å²) < 4.78 is 0.442. The fourth-order valence-corrected chi connectivity index (χ4v) is 1.83. The zero-order valence-corrected chi connectivity index (χ0v) is 7.92. The van der Waals surface area contributed by atoms with Crippen molar-refractivity contribution in [1.82, 2.24) is 5.32 Å². The van der Waals surface area contributed by atoms with Gasteiger partial charge in [0.2, 0.25) is 0 Å². The predicted molar refractivity (Wildman–Crippen MR) is 48.6 cm³/mol. The van der Waals surface area contributed by atoms with Crippen molar-refractivity contribution in [2.45, 2.75) is 38.0 Å². The molecule has 0 amide bonds. The van der Waals surface area contributed by atoms with Crippen LogP contribution in [0.2, 0.25) is 0 Å². The highest BCUT2D eigenvalue weighted by molar-refractivity contribution is 8.00. The zero-order chi connectivity index (χ0) is 7.61. The number of nitrogens with one attached hydrogen (secondary N) is 1. The minimum atomic E-state index is 0.442. The molecule has 1 N–H and O–H groups in total. The first-order valence-corrected chi connectivity index (χ1v) is 4.94. The van der Waals surface area contributed by atoms with Gasteiger partial charge in [-0.05, 0) is 13.0 Å².